The van der Waals surface area contributed by atoms with E-state index in [0.717, 1.165) is 5.56 Å². The predicted octanol–water partition coefficient (Wildman–Crippen LogP) is 4.23. The molecule has 0 aliphatic carbocycles. The Balaban J connectivity index is 1.88. The van der Waals surface area contributed by atoms with E-state index < -0.39 is 12.0 Å². The van der Waals surface area contributed by atoms with Crippen LogP contribution in [0.15, 0.2) is 77.8 Å². The van der Waals surface area contributed by atoms with Crippen LogP contribution in [0.2, 0.25) is 0 Å². The van der Waals surface area contributed by atoms with Crippen LogP contribution in [-0.4, -0.2) is 32.9 Å². The first kappa shape index (κ1) is 19.7. The Morgan fingerprint density at radius 1 is 0.935 bits per heavy atom. The summed E-state index contributed by atoms with van der Waals surface area (Å²) in [6, 6.07) is 19.9. The molecule has 6 N–H and O–H groups in total. The molecule has 3 aromatic carbocycles. The summed E-state index contributed by atoms with van der Waals surface area (Å²) in [5, 5.41) is 23.0. The summed E-state index contributed by atoms with van der Waals surface area (Å²) in [6.45, 7) is 0. The van der Waals surface area contributed by atoms with Crippen molar-refractivity contribution >= 4 is 40.0 Å². The number of carbonyl (C=O) groups is 2. The van der Waals surface area contributed by atoms with Gasteiger partial charge in [-0.2, -0.15) is 0 Å². The van der Waals surface area contributed by atoms with Gasteiger partial charge in [0.05, 0.1) is 28.0 Å². The van der Waals surface area contributed by atoms with E-state index in [-0.39, 0.29) is 11.4 Å². The minimum Gasteiger partial charge on any atom is -0.494 e. The highest BCUT2D eigenvalue weighted by molar-refractivity contribution is 6.22. The number of aromatic amines is 1. The second-order valence-corrected chi connectivity index (χ2v) is 6.78. The van der Waals surface area contributed by atoms with Gasteiger partial charge in [0.25, 0.3) is 0 Å². The molecular weight excluding hydrogens is 396 g/mol. The first-order chi connectivity index (χ1) is 14.9. The van der Waals surface area contributed by atoms with Gasteiger partial charge in [0.15, 0.2) is 5.88 Å². The summed E-state index contributed by atoms with van der Waals surface area (Å²) in [4.78, 5) is 29.9. The molecule has 0 unspecified atom stereocenters. The Labute approximate surface area is 176 Å². The van der Waals surface area contributed by atoms with E-state index in [1.165, 1.54) is 12.1 Å². The molecule has 4 aromatic rings. The summed E-state index contributed by atoms with van der Waals surface area (Å²) in [6.07, 6.45) is 0. The number of hydrogen-bond acceptors (Lipinski definition) is 4. The number of aliphatic imine (C=N–C) groups is 1. The van der Waals surface area contributed by atoms with E-state index in [4.69, 9.17) is 15.8 Å². The lowest BCUT2D eigenvalue weighted by Crippen LogP contribution is -2.19. The SMILES string of the molecule is NC(=O)Nc1ccc2c(C(=Nc3ccc(C(=O)O)cc3)c3ccccc3)c(O)[nH]c2c1. The first-order valence-corrected chi connectivity index (χ1v) is 9.31. The largest absolute Gasteiger partial charge is 0.494 e. The van der Waals surface area contributed by atoms with Crippen LogP contribution in [-0.2, 0) is 0 Å². The van der Waals surface area contributed by atoms with Crippen LogP contribution in [0, 0.1) is 0 Å². The molecule has 0 aliphatic rings. The van der Waals surface area contributed by atoms with Gasteiger partial charge in [0.1, 0.15) is 0 Å². The van der Waals surface area contributed by atoms with Crippen molar-refractivity contribution < 1.29 is 19.8 Å². The molecule has 8 nitrogen and oxygen atoms in total. The molecule has 0 radical (unpaired) electrons. The van der Waals surface area contributed by atoms with Crippen LogP contribution in [0.25, 0.3) is 10.9 Å². The molecular formula is C23H18N4O4. The van der Waals surface area contributed by atoms with Crippen molar-refractivity contribution in [2.75, 3.05) is 5.32 Å². The lowest BCUT2D eigenvalue weighted by Gasteiger charge is -2.08. The monoisotopic (exact) mass is 414 g/mol. The van der Waals surface area contributed by atoms with Gasteiger partial charge in [-0.3, -0.25) is 0 Å². The van der Waals surface area contributed by atoms with Gasteiger partial charge in [-0.1, -0.05) is 30.3 Å². The zero-order valence-electron chi connectivity index (χ0n) is 16.2. The first-order valence-electron chi connectivity index (χ1n) is 9.31. The molecule has 8 heteroatoms. The maximum atomic E-state index is 11.1. The van der Waals surface area contributed by atoms with E-state index in [1.807, 2.05) is 30.3 Å². The number of benzene rings is 3. The number of aromatic carboxylic acids is 1. The van der Waals surface area contributed by atoms with Crippen molar-refractivity contribution in [3.8, 4) is 5.88 Å². The molecule has 31 heavy (non-hydrogen) atoms. The maximum Gasteiger partial charge on any atom is 0.335 e. The van der Waals surface area contributed by atoms with E-state index in [2.05, 4.69) is 10.3 Å². The van der Waals surface area contributed by atoms with Crippen molar-refractivity contribution in [2.24, 2.45) is 10.7 Å². The number of carboxylic acid groups (broad SMARTS) is 1. The molecule has 2 amide bonds. The number of aromatic nitrogens is 1. The molecule has 1 heterocycles. The van der Waals surface area contributed by atoms with E-state index in [1.54, 1.807) is 30.3 Å². The maximum absolute atomic E-state index is 11.1. The molecule has 154 valence electrons. The number of aromatic hydroxyl groups is 1. The lowest BCUT2D eigenvalue weighted by atomic mass is 10.0. The van der Waals surface area contributed by atoms with Gasteiger partial charge in [0.2, 0.25) is 0 Å². The molecule has 0 saturated heterocycles. The quantitative estimate of drug-likeness (QED) is 0.312. The highest BCUT2D eigenvalue weighted by Crippen LogP contribution is 2.33. The molecule has 0 fully saturated rings. The minimum absolute atomic E-state index is 0.0871. The standard InChI is InChI=1S/C23H18N4O4/c24-23(31)26-16-10-11-17-18(12-16)27-21(28)19(17)20(13-4-2-1-3-5-13)25-15-8-6-14(7-9-15)22(29)30/h1-12,27-28H,(H,29,30)(H3,24,26,31). The van der Waals surface area contributed by atoms with Gasteiger partial charge in [0, 0.05) is 16.6 Å². The number of hydrogen-bond donors (Lipinski definition) is 5. The normalized spacial score (nSPS) is 11.4. The number of primary amides is 1. The number of H-pyrrole nitrogens is 1. The Morgan fingerprint density at radius 2 is 1.65 bits per heavy atom. The highest BCUT2D eigenvalue weighted by Gasteiger charge is 2.19. The van der Waals surface area contributed by atoms with Gasteiger partial charge < -0.3 is 26.2 Å². The number of nitrogens with one attached hydrogen (secondary N) is 2. The Bertz CT molecular complexity index is 1310. The molecule has 0 bridgehead atoms. The molecule has 0 atom stereocenters. The van der Waals surface area contributed by atoms with Crippen LogP contribution in [0.3, 0.4) is 0 Å². The fraction of sp³-hybridized carbons (Fsp3) is 0. The summed E-state index contributed by atoms with van der Waals surface area (Å²) >= 11 is 0. The average molecular weight is 414 g/mol. The summed E-state index contributed by atoms with van der Waals surface area (Å²) in [5.74, 6) is -1.11. The minimum atomic E-state index is -1.02. The highest BCUT2D eigenvalue weighted by atomic mass is 16.4. The van der Waals surface area contributed by atoms with Gasteiger partial charge in [-0.05, 0) is 42.5 Å². The van der Waals surface area contributed by atoms with Gasteiger partial charge >= 0.3 is 12.0 Å². The van der Waals surface area contributed by atoms with Crippen LogP contribution in [0.5, 0.6) is 5.88 Å². The summed E-state index contributed by atoms with van der Waals surface area (Å²) < 4.78 is 0. The van der Waals surface area contributed by atoms with Gasteiger partial charge in [-0.25, -0.2) is 14.6 Å². The zero-order chi connectivity index (χ0) is 22.0. The fourth-order valence-electron chi connectivity index (χ4n) is 3.31. The molecule has 1 aromatic heterocycles. The summed E-state index contributed by atoms with van der Waals surface area (Å²) in [5.41, 5.74) is 8.68. The van der Waals surface area contributed by atoms with Gasteiger partial charge in [-0.15, -0.1) is 0 Å². The number of carbonyl (C=O) groups excluding carboxylic acids is 1. The number of nitrogens with two attached hydrogens (primary N) is 1. The van der Waals surface area contributed by atoms with Crippen LogP contribution < -0.4 is 11.1 Å². The zero-order valence-corrected chi connectivity index (χ0v) is 16.2. The lowest BCUT2D eigenvalue weighted by molar-refractivity contribution is 0.0697. The fourth-order valence-corrected chi connectivity index (χ4v) is 3.31. The second kappa shape index (κ2) is 8.03. The van der Waals surface area contributed by atoms with Crippen molar-refractivity contribution in [3.63, 3.8) is 0 Å². The third-order valence-electron chi connectivity index (χ3n) is 4.69. The third-order valence-corrected chi connectivity index (χ3v) is 4.69. The van der Waals surface area contributed by atoms with E-state index in [0.29, 0.717) is 33.6 Å². The number of fused-ring (bicyclic) bond motifs is 1. The number of amides is 2. The number of carboxylic acids is 1. The summed E-state index contributed by atoms with van der Waals surface area (Å²) in [7, 11) is 0. The van der Waals surface area contributed by atoms with Crippen molar-refractivity contribution in [1.29, 1.82) is 0 Å². The molecule has 0 aliphatic heterocycles. The van der Waals surface area contributed by atoms with E-state index in [9.17, 15) is 14.7 Å². The Hall–Kier alpha value is -4.59. The van der Waals surface area contributed by atoms with Crippen molar-refractivity contribution in [1.82, 2.24) is 4.98 Å². The van der Waals surface area contributed by atoms with Crippen molar-refractivity contribution in [2.45, 2.75) is 0 Å². The molecule has 0 spiro atoms. The molecule has 0 saturated carbocycles. The number of anilines is 1. The predicted molar refractivity (Wildman–Crippen MR) is 118 cm³/mol. The number of rotatable bonds is 5. The Morgan fingerprint density at radius 3 is 2.29 bits per heavy atom. The van der Waals surface area contributed by atoms with Crippen molar-refractivity contribution in [3.05, 3.63) is 89.5 Å². The Kier molecular flexibility index (Phi) is 5.11. The average Bonchev–Trinajstić information content (AvgIpc) is 3.07. The molecule has 4 rings (SSSR count). The van der Waals surface area contributed by atoms with E-state index >= 15 is 0 Å². The smallest absolute Gasteiger partial charge is 0.335 e. The second-order valence-electron chi connectivity index (χ2n) is 6.78. The third kappa shape index (κ3) is 4.08. The topological polar surface area (TPSA) is 141 Å². The van der Waals surface area contributed by atoms with Crippen LogP contribution in [0.1, 0.15) is 21.5 Å². The van der Waals surface area contributed by atoms with Crippen LogP contribution in [0.4, 0.5) is 16.2 Å². The number of urea groups is 1. The van der Waals surface area contributed by atoms with Crippen LogP contribution >= 0.6 is 0 Å². The number of nitrogens with zero attached hydrogens (tertiary/aromatic N) is 1.